The van der Waals surface area contributed by atoms with E-state index >= 15 is 0 Å². The molecule has 0 radical (unpaired) electrons. The lowest BCUT2D eigenvalue weighted by atomic mass is 9.91. The molecule has 0 fully saturated rings. The lowest BCUT2D eigenvalue weighted by Crippen LogP contribution is -2.43. The lowest BCUT2D eigenvalue weighted by molar-refractivity contribution is -0.122. The van der Waals surface area contributed by atoms with Gasteiger partial charge in [0.1, 0.15) is 0 Å². The molecule has 90 valence electrons. The minimum atomic E-state index is -0.470. The third-order valence-corrected chi connectivity index (χ3v) is 3.96. The molecule has 0 saturated heterocycles. The molecule has 5 heteroatoms. The maximum Gasteiger partial charge on any atom is 0.236 e. The first-order valence-corrected chi connectivity index (χ1v) is 6.31. The second kappa shape index (κ2) is 5.17. The minimum Gasteiger partial charge on any atom is -0.354 e. The molecular weight excluding hydrogens is 244 g/mol. The molecule has 16 heavy (non-hydrogen) atoms. The van der Waals surface area contributed by atoms with Gasteiger partial charge in [-0.25, -0.2) is 0 Å². The summed E-state index contributed by atoms with van der Waals surface area (Å²) in [5.74, 6) is -0.129. The van der Waals surface area contributed by atoms with Crippen LogP contribution in [0.25, 0.3) is 0 Å². The van der Waals surface area contributed by atoms with Crippen LogP contribution in [0.5, 0.6) is 0 Å². The molecule has 1 amide bonds. The van der Waals surface area contributed by atoms with Gasteiger partial charge in [-0.3, -0.25) is 4.79 Å². The monoisotopic (exact) mass is 260 g/mol. The molecule has 0 aliphatic rings. The summed E-state index contributed by atoms with van der Waals surface area (Å²) < 4.78 is 0.765. The topological polar surface area (TPSA) is 55.1 Å². The van der Waals surface area contributed by atoms with E-state index < -0.39 is 6.04 Å². The Morgan fingerprint density at radius 2 is 2.25 bits per heavy atom. The highest BCUT2D eigenvalue weighted by Gasteiger charge is 2.23. The first-order valence-electron chi connectivity index (χ1n) is 5.12. The average Bonchev–Trinajstić information content (AvgIpc) is 2.61. The highest BCUT2D eigenvalue weighted by molar-refractivity contribution is 7.16. The van der Waals surface area contributed by atoms with Crippen molar-refractivity contribution in [2.45, 2.75) is 32.2 Å². The second-order valence-corrected chi connectivity index (χ2v) is 6.21. The summed E-state index contributed by atoms with van der Waals surface area (Å²) in [4.78, 5) is 12.5. The summed E-state index contributed by atoms with van der Waals surface area (Å²) in [6, 6.07) is 3.39. The summed E-state index contributed by atoms with van der Waals surface area (Å²) >= 11 is 7.43. The molecular formula is C11H17ClN2OS. The van der Waals surface area contributed by atoms with Gasteiger partial charge in [-0.1, -0.05) is 25.4 Å². The van der Waals surface area contributed by atoms with Crippen LogP contribution in [0.2, 0.25) is 4.34 Å². The number of carbonyl (C=O) groups excluding carboxylic acids is 1. The summed E-state index contributed by atoms with van der Waals surface area (Å²) in [7, 11) is 0. The van der Waals surface area contributed by atoms with Gasteiger partial charge in [-0.05, 0) is 19.1 Å². The zero-order valence-electron chi connectivity index (χ0n) is 9.71. The van der Waals surface area contributed by atoms with E-state index in [1.54, 1.807) is 6.92 Å². The summed E-state index contributed by atoms with van der Waals surface area (Å²) in [5, 5.41) is 2.83. The van der Waals surface area contributed by atoms with Crippen molar-refractivity contribution in [3.8, 4) is 0 Å². The number of nitrogens with one attached hydrogen (secondary N) is 1. The molecule has 0 aromatic carbocycles. The van der Waals surface area contributed by atoms with Crippen molar-refractivity contribution < 1.29 is 4.79 Å². The van der Waals surface area contributed by atoms with Gasteiger partial charge in [0.05, 0.1) is 10.4 Å². The molecule has 1 heterocycles. The van der Waals surface area contributed by atoms with E-state index in [1.807, 2.05) is 12.1 Å². The number of nitrogens with two attached hydrogens (primary N) is 1. The van der Waals surface area contributed by atoms with E-state index in [9.17, 15) is 4.79 Å². The average molecular weight is 261 g/mol. The second-order valence-electron chi connectivity index (χ2n) is 4.49. The van der Waals surface area contributed by atoms with E-state index in [2.05, 4.69) is 19.2 Å². The van der Waals surface area contributed by atoms with E-state index in [1.165, 1.54) is 11.3 Å². The SMILES string of the molecule is CC(N)C(=O)NCC(C)(C)c1ccc(Cl)s1. The Morgan fingerprint density at radius 1 is 1.62 bits per heavy atom. The summed E-state index contributed by atoms with van der Waals surface area (Å²) in [6.45, 7) is 6.36. The number of carbonyl (C=O) groups is 1. The number of amides is 1. The zero-order chi connectivity index (χ0) is 12.3. The molecule has 0 aliphatic heterocycles. The van der Waals surface area contributed by atoms with Crippen molar-refractivity contribution in [2.24, 2.45) is 5.73 Å². The Bertz CT molecular complexity index is 374. The van der Waals surface area contributed by atoms with Crippen LogP contribution in [0.1, 0.15) is 25.6 Å². The third kappa shape index (κ3) is 3.47. The van der Waals surface area contributed by atoms with E-state index in [0.717, 1.165) is 9.21 Å². The number of rotatable bonds is 4. The molecule has 3 N–H and O–H groups in total. The number of hydrogen-bond acceptors (Lipinski definition) is 3. The normalized spacial score (nSPS) is 13.6. The van der Waals surface area contributed by atoms with E-state index in [0.29, 0.717) is 6.54 Å². The summed E-state index contributed by atoms with van der Waals surface area (Å²) in [5.41, 5.74) is 5.35. The molecule has 0 saturated carbocycles. The first kappa shape index (κ1) is 13.5. The molecule has 0 aliphatic carbocycles. The Kier molecular flexibility index (Phi) is 4.35. The third-order valence-electron chi connectivity index (χ3n) is 2.36. The Hall–Kier alpha value is -0.580. The van der Waals surface area contributed by atoms with Gasteiger partial charge < -0.3 is 11.1 Å². The Balaban J connectivity index is 2.62. The van der Waals surface area contributed by atoms with Gasteiger partial charge in [-0.2, -0.15) is 0 Å². The van der Waals surface area contributed by atoms with Crippen molar-refractivity contribution >= 4 is 28.8 Å². The molecule has 3 nitrogen and oxygen atoms in total. The van der Waals surface area contributed by atoms with Gasteiger partial charge in [0.15, 0.2) is 0 Å². The van der Waals surface area contributed by atoms with Crippen LogP contribution in [-0.4, -0.2) is 18.5 Å². The fourth-order valence-electron chi connectivity index (χ4n) is 1.23. The predicted octanol–water partition coefficient (Wildman–Crippen LogP) is 2.14. The van der Waals surface area contributed by atoms with Crippen molar-refractivity contribution in [1.82, 2.24) is 5.32 Å². The molecule has 1 rings (SSSR count). The van der Waals surface area contributed by atoms with Crippen LogP contribution in [0.15, 0.2) is 12.1 Å². The Labute approximate surface area is 105 Å². The van der Waals surface area contributed by atoms with Gasteiger partial charge in [0, 0.05) is 16.8 Å². The largest absolute Gasteiger partial charge is 0.354 e. The zero-order valence-corrected chi connectivity index (χ0v) is 11.3. The standard InChI is InChI=1S/C11H17ClN2OS/c1-7(13)10(15)14-6-11(2,3)8-4-5-9(12)16-8/h4-5,7H,6,13H2,1-3H3,(H,14,15). The maximum absolute atomic E-state index is 11.4. The highest BCUT2D eigenvalue weighted by atomic mass is 35.5. The lowest BCUT2D eigenvalue weighted by Gasteiger charge is -2.24. The van der Waals surface area contributed by atoms with E-state index in [-0.39, 0.29) is 11.3 Å². The van der Waals surface area contributed by atoms with Crippen molar-refractivity contribution in [3.63, 3.8) is 0 Å². The molecule has 0 bridgehead atoms. The van der Waals surface area contributed by atoms with Crippen LogP contribution in [0, 0.1) is 0 Å². The summed E-state index contributed by atoms with van der Waals surface area (Å²) in [6.07, 6.45) is 0. The van der Waals surface area contributed by atoms with Gasteiger partial charge in [0.2, 0.25) is 5.91 Å². The fourth-order valence-corrected chi connectivity index (χ4v) is 2.38. The maximum atomic E-state index is 11.4. The van der Waals surface area contributed by atoms with Crippen molar-refractivity contribution in [1.29, 1.82) is 0 Å². The molecule has 1 atom stereocenters. The quantitative estimate of drug-likeness (QED) is 0.872. The number of hydrogen-bond donors (Lipinski definition) is 2. The molecule has 1 aromatic heterocycles. The van der Waals surface area contributed by atoms with Gasteiger partial charge >= 0.3 is 0 Å². The van der Waals surface area contributed by atoms with Crippen molar-refractivity contribution in [2.75, 3.05) is 6.54 Å². The van der Waals surface area contributed by atoms with E-state index in [4.69, 9.17) is 17.3 Å². The van der Waals surface area contributed by atoms with Crippen molar-refractivity contribution in [3.05, 3.63) is 21.3 Å². The smallest absolute Gasteiger partial charge is 0.236 e. The molecule has 1 aromatic rings. The Morgan fingerprint density at radius 3 is 2.69 bits per heavy atom. The minimum absolute atomic E-state index is 0.123. The number of halogens is 1. The van der Waals surface area contributed by atoms with Gasteiger partial charge in [-0.15, -0.1) is 11.3 Å². The fraction of sp³-hybridized carbons (Fsp3) is 0.545. The number of thiophene rings is 1. The van der Waals surface area contributed by atoms with Crippen LogP contribution < -0.4 is 11.1 Å². The molecule has 0 spiro atoms. The van der Waals surface area contributed by atoms with Crippen LogP contribution in [-0.2, 0) is 10.2 Å². The van der Waals surface area contributed by atoms with Crippen LogP contribution >= 0.6 is 22.9 Å². The van der Waals surface area contributed by atoms with Gasteiger partial charge in [0.25, 0.3) is 0 Å². The highest BCUT2D eigenvalue weighted by Crippen LogP contribution is 2.31. The molecule has 1 unspecified atom stereocenters. The van der Waals surface area contributed by atoms with Crippen LogP contribution in [0.4, 0.5) is 0 Å². The first-order chi connectivity index (χ1) is 7.33. The predicted molar refractivity (Wildman–Crippen MR) is 69.0 cm³/mol. The van der Waals surface area contributed by atoms with Crippen LogP contribution in [0.3, 0.4) is 0 Å².